The Morgan fingerprint density at radius 2 is 2.00 bits per heavy atom. The number of nitrogens with zero attached hydrogens (tertiary/aromatic N) is 2. The number of benzene rings is 1. The predicted molar refractivity (Wildman–Crippen MR) is 87.0 cm³/mol. The molecule has 3 rings (SSSR count). The molecule has 1 aromatic carbocycles. The number of fused-ring (bicyclic) bond motifs is 1. The summed E-state index contributed by atoms with van der Waals surface area (Å²) in [4.78, 5) is 23.9. The van der Waals surface area contributed by atoms with Crippen LogP contribution in [-0.4, -0.2) is 32.9 Å². The van der Waals surface area contributed by atoms with Gasteiger partial charge in [0.1, 0.15) is 6.54 Å². The second-order valence-electron chi connectivity index (χ2n) is 6.25. The van der Waals surface area contributed by atoms with E-state index in [-0.39, 0.29) is 24.4 Å². The third-order valence-corrected chi connectivity index (χ3v) is 4.45. The van der Waals surface area contributed by atoms with E-state index in [1.807, 2.05) is 6.07 Å². The maximum atomic E-state index is 12.2. The van der Waals surface area contributed by atoms with Crippen LogP contribution in [0.5, 0.6) is 0 Å². The van der Waals surface area contributed by atoms with Crippen LogP contribution in [0, 0.1) is 0 Å². The number of carbonyl (C=O) groups is 1. The number of aromatic nitrogens is 2. The van der Waals surface area contributed by atoms with Gasteiger partial charge >= 0.3 is 0 Å². The largest absolute Gasteiger partial charge is 0.388 e. The number of nitrogens with one attached hydrogen (secondary N) is 1. The van der Waals surface area contributed by atoms with Crippen molar-refractivity contribution in [1.29, 1.82) is 0 Å². The quantitative estimate of drug-likeness (QED) is 0.888. The van der Waals surface area contributed by atoms with Crippen molar-refractivity contribution in [1.82, 2.24) is 15.1 Å². The zero-order chi connectivity index (χ0) is 16.3. The van der Waals surface area contributed by atoms with Crippen LogP contribution in [0.2, 0.25) is 0 Å². The standard InChI is InChI=1S/C17H21N3O3/c21-15-10-19-20(14-7-3-2-6-13(14)15)11-16(22)18-12-17(23)8-4-1-5-9-17/h2-3,6-7,10,23H,1,4-5,8-9,11-12H2,(H,18,22). The number of rotatable bonds is 4. The highest BCUT2D eigenvalue weighted by molar-refractivity contribution is 5.81. The lowest BCUT2D eigenvalue weighted by Gasteiger charge is -2.32. The number of aliphatic hydroxyl groups is 1. The fraction of sp³-hybridized carbons (Fsp3) is 0.471. The van der Waals surface area contributed by atoms with Crippen LogP contribution >= 0.6 is 0 Å². The summed E-state index contributed by atoms with van der Waals surface area (Å²) >= 11 is 0. The van der Waals surface area contributed by atoms with Gasteiger partial charge in [0, 0.05) is 11.9 Å². The van der Waals surface area contributed by atoms with Crippen LogP contribution in [0.25, 0.3) is 10.9 Å². The Hall–Kier alpha value is -2.21. The van der Waals surface area contributed by atoms with E-state index >= 15 is 0 Å². The molecule has 0 spiro atoms. The molecule has 1 aliphatic rings. The molecule has 0 aliphatic heterocycles. The van der Waals surface area contributed by atoms with Gasteiger partial charge in [-0.3, -0.25) is 14.3 Å². The van der Waals surface area contributed by atoms with E-state index in [0.29, 0.717) is 10.9 Å². The molecule has 0 radical (unpaired) electrons. The van der Waals surface area contributed by atoms with Gasteiger partial charge in [-0.2, -0.15) is 5.10 Å². The average Bonchev–Trinajstić information content (AvgIpc) is 2.57. The second kappa shape index (κ2) is 6.50. The number of hydrogen-bond donors (Lipinski definition) is 2. The van der Waals surface area contributed by atoms with Crippen molar-refractivity contribution in [3.8, 4) is 0 Å². The first-order valence-corrected chi connectivity index (χ1v) is 8.01. The first-order valence-electron chi connectivity index (χ1n) is 8.01. The molecule has 122 valence electrons. The molecular weight excluding hydrogens is 294 g/mol. The minimum absolute atomic E-state index is 0.0247. The Kier molecular flexibility index (Phi) is 4.43. The van der Waals surface area contributed by atoms with Crippen molar-refractivity contribution in [3.63, 3.8) is 0 Å². The van der Waals surface area contributed by atoms with Crippen LogP contribution in [0.15, 0.2) is 35.3 Å². The van der Waals surface area contributed by atoms with Crippen molar-refractivity contribution >= 4 is 16.8 Å². The second-order valence-corrected chi connectivity index (χ2v) is 6.25. The highest BCUT2D eigenvalue weighted by Gasteiger charge is 2.29. The summed E-state index contributed by atoms with van der Waals surface area (Å²) in [6.45, 7) is 0.292. The van der Waals surface area contributed by atoms with Gasteiger partial charge in [0.05, 0.1) is 17.3 Å². The molecule has 2 aromatic rings. The van der Waals surface area contributed by atoms with Gasteiger partial charge in [0.15, 0.2) is 0 Å². The third kappa shape index (κ3) is 3.59. The highest BCUT2D eigenvalue weighted by Crippen LogP contribution is 2.27. The summed E-state index contributed by atoms with van der Waals surface area (Å²) in [5.41, 5.74) is -0.312. The lowest BCUT2D eigenvalue weighted by Crippen LogP contribution is -2.45. The molecule has 2 N–H and O–H groups in total. The van der Waals surface area contributed by atoms with Crippen LogP contribution in [0.4, 0.5) is 0 Å². The monoisotopic (exact) mass is 315 g/mol. The number of hydrogen-bond acceptors (Lipinski definition) is 4. The van der Waals surface area contributed by atoms with E-state index in [1.165, 1.54) is 10.9 Å². The van der Waals surface area contributed by atoms with Crippen LogP contribution < -0.4 is 10.7 Å². The zero-order valence-corrected chi connectivity index (χ0v) is 13.0. The molecule has 1 amide bonds. The summed E-state index contributed by atoms with van der Waals surface area (Å²) < 4.78 is 1.51. The molecule has 1 aliphatic carbocycles. The van der Waals surface area contributed by atoms with Crippen molar-refractivity contribution in [2.24, 2.45) is 0 Å². The summed E-state index contributed by atoms with van der Waals surface area (Å²) in [5, 5.41) is 17.8. The van der Waals surface area contributed by atoms with E-state index in [9.17, 15) is 14.7 Å². The molecular formula is C17H21N3O3. The Morgan fingerprint density at radius 3 is 2.78 bits per heavy atom. The Morgan fingerprint density at radius 1 is 1.26 bits per heavy atom. The summed E-state index contributed by atoms with van der Waals surface area (Å²) in [5.74, 6) is -0.217. The van der Waals surface area contributed by atoms with Crippen LogP contribution in [0.3, 0.4) is 0 Å². The average molecular weight is 315 g/mol. The molecule has 0 saturated heterocycles. The Balaban J connectivity index is 1.69. The van der Waals surface area contributed by atoms with E-state index < -0.39 is 5.60 Å². The van der Waals surface area contributed by atoms with Crippen molar-refractivity contribution in [3.05, 3.63) is 40.7 Å². The third-order valence-electron chi connectivity index (χ3n) is 4.45. The first-order chi connectivity index (χ1) is 11.1. The Labute approximate surface area is 134 Å². The fourth-order valence-corrected chi connectivity index (χ4v) is 3.13. The molecule has 6 nitrogen and oxygen atoms in total. The number of carbonyl (C=O) groups excluding carboxylic acids is 1. The SMILES string of the molecule is O=C(Cn1ncc(=O)c2ccccc21)NCC1(O)CCCCC1. The maximum Gasteiger partial charge on any atom is 0.241 e. The highest BCUT2D eigenvalue weighted by atomic mass is 16.3. The smallest absolute Gasteiger partial charge is 0.241 e. The van der Waals surface area contributed by atoms with Gasteiger partial charge in [-0.1, -0.05) is 31.4 Å². The van der Waals surface area contributed by atoms with Gasteiger partial charge in [0.2, 0.25) is 11.3 Å². The topological polar surface area (TPSA) is 84.2 Å². The molecule has 1 aromatic heterocycles. The molecule has 1 fully saturated rings. The molecule has 1 saturated carbocycles. The number of para-hydroxylation sites is 1. The van der Waals surface area contributed by atoms with Crippen molar-refractivity contribution in [2.75, 3.05) is 6.54 Å². The van der Waals surface area contributed by atoms with Gasteiger partial charge in [-0.25, -0.2) is 0 Å². The van der Waals surface area contributed by atoms with Gasteiger partial charge in [-0.05, 0) is 25.0 Å². The first kappa shape index (κ1) is 15.7. The predicted octanol–water partition coefficient (Wildman–Crippen LogP) is 1.21. The lowest BCUT2D eigenvalue weighted by molar-refractivity contribution is -0.123. The molecule has 23 heavy (non-hydrogen) atoms. The minimum Gasteiger partial charge on any atom is -0.388 e. The van der Waals surface area contributed by atoms with Crippen LogP contribution in [0.1, 0.15) is 32.1 Å². The van der Waals surface area contributed by atoms with Gasteiger partial charge in [-0.15, -0.1) is 0 Å². The maximum absolute atomic E-state index is 12.2. The molecule has 0 atom stereocenters. The summed E-state index contributed by atoms with van der Waals surface area (Å²) in [7, 11) is 0. The van der Waals surface area contributed by atoms with Gasteiger partial charge in [0.25, 0.3) is 0 Å². The van der Waals surface area contributed by atoms with E-state index in [2.05, 4.69) is 10.4 Å². The number of amides is 1. The van der Waals surface area contributed by atoms with E-state index in [0.717, 1.165) is 32.1 Å². The van der Waals surface area contributed by atoms with Crippen molar-refractivity contribution < 1.29 is 9.90 Å². The molecule has 6 heteroatoms. The fourth-order valence-electron chi connectivity index (χ4n) is 3.13. The molecule has 1 heterocycles. The zero-order valence-electron chi connectivity index (χ0n) is 13.0. The minimum atomic E-state index is -0.785. The summed E-state index contributed by atoms with van der Waals surface area (Å²) in [6, 6.07) is 7.08. The summed E-state index contributed by atoms with van der Waals surface area (Å²) in [6.07, 6.45) is 5.82. The normalized spacial score (nSPS) is 17.1. The van der Waals surface area contributed by atoms with Crippen LogP contribution in [-0.2, 0) is 11.3 Å². The Bertz CT molecular complexity index is 763. The van der Waals surface area contributed by atoms with E-state index in [4.69, 9.17) is 0 Å². The molecule has 0 bridgehead atoms. The lowest BCUT2D eigenvalue weighted by atomic mass is 9.85. The van der Waals surface area contributed by atoms with Crippen molar-refractivity contribution in [2.45, 2.75) is 44.2 Å². The van der Waals surface area contributed by atoms with E-state index in [1.54, 1.807) is 18.2 Å². The van der Waals surface area contributed by atoms with Gasteiger partial charge < -0.3 is 10.4 Å². The molecule has 0 unspecified atom stereocenters.